The van der Waals surface area contributed by atoms with E-state index in [0.717, 1.165) is 54.5 Å². The van der Waals surface area contributed by atoms with E-state index in [1.807, 2.05) is 17.5 Å². The van der Waals surface area contributed by atoms with Crippen LogP contribution in [0.5, 0.6) is 0 Å². The van der Waals surface area contributed by atoms with Crippen molar-refractivity contribution in [3.8, 4) is 0 Å². The van der Waals surface area contributed by atoms with Gasteiger partial charge in [-0.25, -0.2) is 0 Å². The zero-order valence-corrected chi connectivity index (χ0v) is 20.1. The summed E-state index contributed by atoms with van der Waals surface area (Å²) >= 11 is 1.63. The lowest BCUT2D eigenvalue weighted by Gasteiger charge is -2.57. The van der Waals surface area contributed by atoms with Crippen LogP contribution in [-0.4, -0.2) is 29.4 Å². The van der Waals surface area contributed by atoms with Gasteiger partial charge in [-0.05, 0) is 97.5 Å². The number of aliphatic hydroxyl groups excluding tert-OH is 1. The first-order valence-corrected chi connectivity index (χ1v) is 13.1. The fourth-order valence-electron chi connectivity index (χ4n) is 7.44. The molecule has 0 unspecified atom stereocenters. The van der Waals surface area contributed by atoms with E-state index < -0.39 is 0 Å². The number of fused-ring (bicyclic) bond motifs is 5. The van der Waals surface area contributed by atoms with E-state index in [1.165, 1.54) is 24.8 Å². The van der Waals surface area contributed by atoms with Crippen molar-refractivity contribution in [2.24, 2.45) is 33.7 Å². The Morgan fingerprint density at radius 2 is 2.09 bits per heavy atom. The van der Waals surface area contributed by atoms with Gasteiger partial charge in [-0.3, -0.25) is 4.79 Å². The third kappa shape index (κ3) is 3.83. The highest BCUT2D eigenvalue weighted by Crippen LogP contribution is 2.65. The quantitative estimate of drug-likeness (QED) is 0.609. The van der Waals surface area contributed by atoms with E-state index in [1.54, 1.807) is 11.3 Å². The van der Waals surface area contributed by atoms with Crippen LogP contribution < -0.4 is 5.32 Å². The molecule has 4 aliphatic rings. The maximum Gasteiger partial charge on any atom is 0.261 e. The predicted octanol–water partition coefficient (Wildman–Crippen LogP) is 5.06. The van der Waals surface area contributed by atoms with Crippen LogP contribution in [0.15, 0.2) is 34.3 Å². The summed E-state index contributed by atoms with van der Waals surface area (Å²) in [6, 6.07) is 3.99. The largest absolute Gasteiger partial charge is 0.393 e. The second-order valence-electron chi connectivity index (χ2n) is 10.9. The number of thiophene rings is 1. The van der Waals surface area contributed by atoms with Crippen LogP contribution in [-0.2, 0) is 16.2 Å². The first kappa shape index (κ1) is 22.1. The van der Waals surface area contributed by atoms with Crippen LogP contribution in [0.1, 0.15) is 70.1 Å². The highest BCUT2D eigenvalue weighted by molar-refractivity contribution is 7.09. The topological polar surface area (TPSA) is 70.9 Å². The molecule has 0 saturated heterocycles. The first-order valence-electron chi connectivity index (χ1n) is 12.3. The number of rotatable bonds is 5. The van der Waals surface area contributed by atoms with Crippen molar-refractivity contribution in [1.82, 2.24) is 5.32 Å². The van der Waals surface area contributed by atoms with Gasteiger partial charge in [0, 0.05) is 4.88 Å². The predicted molar refractivity (Wildman–Crippen MR) is 127 cm³/mol. The maximum absolute atomic E-state index is 12.0. The van der Waals surface area contributed by atoms with Crippen molar-refractivity contribution >= 4 is 23.0 Å². The Labute approximate surface area is 195 Å². The van der Waals surface area contributed by atoms with E-state index in [9.17, 15) is 9.90 Å². The Hall–Kier alpha value is -1.66. The molecule has 4 aliphatic carbocycles. The minimum Gasteiger partial charge on any atom is -0.393 e. The molecule has 6 heteroatoms. The molecule has 0 bridgehead atoms. The Bertz CT molecular complexity index is 910. The minimum absolute atomic E-state index is 0.0391. The van der Waals surface area contributed by atoms with E-state index in [-0.39, 0.29) is 29.4 Å². The molecule has 1 heterocycles. The van der Waals surface area contributed by atoms with Gasteiger partial charge in [-0.1, -0.05) is 30.6 Å². The molecule has 0 spiro atoms. The highest BCUT2D eigenvalue weighted by atomic mass is 32.1. The Balaban J connectivity index is 1.20. The molecule has 3 fully saturated rings. The number of hydrogen-bond acceptors (Lipinski definition) is 5. The molecule has 5 rings (SSSR count). The van der Waals surface area contributed by atoms with Crippen LogP contribution >= 0.6 is 11.3 Å². The molecular formula is C26H36N2O3S. The van der Waals surface area contributed by atoms with Crippen LogP contribution in [0, 0.1) is 28.6 Å². The fraction of sp³-hybridized carbons (Fsp3) is 0.692. The Morgan fingerprint density at radius 1 is 1.22 bits per heavy atom. The van der Waals surface area contributed by atoms with Crippen LogP contribution in [0.2, 0.25) is 0 Å². The number of allylic oxidation sites excluding steroid dienone is 2. The lowest BCUT2D eigenvalue weighted by Crippen LogP contribution is -2.51. The number of nitrogens with zero attached hydrogens (tertiary/aromatic N) is 1. The van der Waals surface area contributed by atoms with Crippen molar-refractivity contribution in [2.75, 3.05) is 6.61 Å². The van der Waals surface area contributed by atoms with Gasteiger partial charge in [-0.15, -0.1) is 11.3 Å². The molecule has 1 amide bonds. The number of amides is 1. The molecular weight excluding hydrogens is 420 g/mol. The van der Waals surface area contributed by atoms with Gasteiger partial charge in [0.2, 0.25) is 0 Å². The standard InChI is InChI=1S/C26H36N2O3S/c1-25-11-9-18(28-31-16-24(30)27-15-19-4-3-13-32-19)14-17(25)5-6-20-21-7-8-23(29)26(21,2)12-10-22(20)25/h3-4,13-14,20-23,29H,5-12,15-16H2,1-2H3,(H,27,30)/t20-,21-,22+,23+,25-,26-/m0/s1. The summed E-state index contributed by atoms with van der Waals surface area (Å²) in [5, 5.41) is 19.8. The van der Waals surface area contributed by atoms with Crippen molar-refractivity contribution in [2.45, 2.75) is 77.9 Å². The van der Waals surface area contributed by atoms with Crippen LogP contribution in [0.25, 0.3) is 0 Å². The normalized spacial score (nSPS) is 39.6. The van der Waals surface area contributed by atoms with E-state index in [4.69, 9.17) is 4.84 Å². The van der Waals surface area contributed by atoms with Gasteiger partial charge >= 0.3 is 0 Å². The highest BCUT2D eigenvalue weighted by Gasteiger charge is 2.58. The summed E-state index contributed by atoms with van der Waals surface area (Å²) in [7, 11) is 0. The van der Waals surface area contributed by atoms with Gasteiger partial charge in [-0.2, -0.15) is 0 Å². The molecule has 0 radical (unpaired) electrons. The Morgan fingerprint density at radius 3 is 2.91 bits per heavy atom. The maximum atomic E-state index is 12.0. The van der Waals surface area contributed by atoms with Crippen LogP contribution in [0.3, 0.4) is 0 Å². The molecule has 3 saturated carbocycles. The zero-order valence-electron chi connectivity index (χ0n) is 19.3. The molecule has 1 aromatic rings. The van der Waals surface area contributed by atoms with Crippen LogP contribution in [0.4, 0.5) is 0 Å². The summed E-state index contributed by atoms with van der Waals surface area (Å²) in [6.45, 7) is 5.32. The number of oxime groups is 1. The smallest absolute Gasteiger partial charge is 0.261 e. The monoisotopic (exact) mass is 456 g/mol. The molecule has 2 N–H and O–H groups in total. The minimum atomic E-state index is -0.138. The molecule has 1 aromatic heterocycles. The Kier molecular flexibility index (Phi) is 5.95. The second kappa shape index (κ2) is 8.60. The van der Waals surface area contributed by atoms with Gasteiger partial charge in [0.1, 0.15) is 0 Å². The molecule has 5 nitrogen and oxygen atoms in total. The van der Waals surface area contributed by atoms with Crippen molar-refractivity contribution in [3.63, 3.8) is 0 Å². The fourth-order valence-corrected chi connectivity index (χ4v) is 8.08. The first-order chi connectivity index (χ1) is 15.4. The van der Waals surface area contributed by atoms with Crippen molar-refractivity contribution < 1.29 is 14.7 Å². The number of carbonyl (C=O) groups excluding carboxylic acids is 1. The molecule has 0 aromatic carbocycles. The zero-order chi connectivity index (χ0) is 22.3. The lowest BCUT2D eigenvalue weighted by molar-refractivity contribution is -0.125. The number of aliphatic hydroxyl groups is 1. The summed E-state index contributed by atoms with van der Waals surface area (Å²) in [5.74, 6) is 2.01. The summed E-state index contributed by atoms with van der Waals surface area (Å²) in [4.78, 5) is 18.6. The van der Waals surface area contributed by atoms with E-state index in [2.05, 4.69) is 30.4 Å². The second-order valence-corrected chi connectivity index (χ2v) is 11.9. The third-order valence-corrected chi connectivity index (χ3v) is 10.2. The number of nitrogens with one attached hydrogen (secondary N) is 1. The average Bonchev–Trinajstić information content (AvgIpc) is 3.40. The van der Waals surface area contributed by atoms with Gasteiger partial charge < -0.3 is 15.3 Å². The average molecular weight is 457 g/mol. The van der Waals surface area contributed by atoms with Gasteiger partial charge in [0.05, 0.1) is 18.4 Å². The molecule has 0 aliphatic heterocycles. The number of hydrogen-bond donors (Lipinski definition) is 2. The SMILES string of the molecule is C[C@]12CC[C@@H]3[C@@H](CCC4=CC(=NOCC(=O)NCc5cccs5)CC[C@@]43C)[C@@H]1CC[C@H]2O. The van der Waals surface area contributed by atoms with Gasteiger partial charge in [0.25, 0.3) is 5.91 Å². The van der Waals surface area contributed by atoms with Crippen molar-refractivity contribution in [3.05, 3.63) is 34.0 Å². The molecule has 32 heavy (non-hydrogen) atoms. The summed E-state index contributed by atoms with van der Waals surface area (Å²) in [6.07, 6.45) is 11.1. The van der Waals surface area contributed by atoms with E-state index in [0.29, 0.717) is 12.5 Å². The van der Waals surface area contributed by atoms with E-state index >= 15 is 0 Å². The molecule has 6 atom stereocenters. The van der Waals surface area contributed by atoms with Gasteiger partial charge in [0.15, 0.2) is 6.61 Å². The third-order valence-electron chi connectivity index (χ3n) is 9.34. The lowest BCUT2D eigenvalue weighted by atomic mass is 9.47. The summed E-state index contributed by atoms with van der Waals surface area (Å²) < 4.78 is 0. The van der Waals surface area contributed by atoms with Crippen molar-refractivity contribution in [1.29, 1.82) is 0 Å². The molecule has 174 valence electrons. The number of carbonyl (C=O) groups is 1. The summed E-state index contributed by atoms with van der Waals surface area (Å²) in [5.41, 5.74) is 2.88.